The Balaban J connectivity index is 2.28. The minimum atomic E-state index is 0.378. The lowest BCUT2D eigenvalue weighted by molar-refractivity contribution is 0.446. The van der Waals surface area contributed by atoms with Crippen LogP contribution in [0.3, 0.4) is 0 Å². The minimum absolute atomic E-state index is 0.378. The number of nitrogens with zero attached hydrogens (tertiary/aromatic N) is 5. The van der Waals surface area contributed by atoms with Crippen molar-refractivity contribution in [2.75, 3.05) is 6.54 Å². The largest absolute Gasteiger partial charge is 0.314 e. The van der Waals surface area contributed by atoms with E-state index >= 15 is 0 Å². The summed E-state index contributed by atoms with van der Waals surface area (Å²) in [5.74, 6) is 0.378. The molecule has 92 valence electrons. The Morgan fingerprint density at radius 2 is 2.18 bits per heavy atom. The van der Waals surface area contributed by atoms with Crippen LogP contribution in [0.25, 0.3) is 5.65 Å². The first-order valence-electron chi connectivity index (χ1n) is 6.05. The molecule has 0 fully saturated rings. The molecule has 0 bridgehead atoms. The van der Waals surface area contributed by atoms with Gasteiger partial charge in [0.15, 0.2) is 5.65 Å². The predicted molar refractivity (Wildman–Crippen MR) is 64.7 cm³/mol. The molecule has 0 radical (unpaired) electrons. The third-order valence-corrected chi connectivity index (χ3v) is 3.04. The normalized spacial score (nSPS) is 15.0. The smallest absolute Gasteiger partial charge is 0.199 e. The van der Waals surface area contributed by atoms with Gasteiger partial charge in [-0.25, -0.2) is 0 Å². The van der Waals surface area contributed by atoms with E-state index in [9.17, 15) is 0 Å². The number of hydrogen-bond donors (Lipinski definition) is 1. The predicted octanol–water partition coefficient (Wildman–Crippen LogP) is 1.01. The zero-order valence-corrected chi connectivity index (χ0v) is 10.5. The van der Waals surface area contributed by atoms with Gasteiger partial charge in [-0.3, -0.25) is 0 Å². The van der Waals surface area contributed by atoms with Crippen molar-refractivity contribution < 1.29 is 0 Å². The van der Waals surface area contributed by atoms with Gasteiger partial charge in [-0.05, 0) is 42.4 Å². The molecule has 0 aliphatic carbocycles. The van der Waals surface area contributed by atoms with E-state index in [1.54, 1.807) is 0 Å². The summed E-state index contributed by atoms with van der Waals surface area (Å²) in [6.45, 7) is 7.43. The van der Waals surface area contributed by atoms with E-state index in [0.29, 0.717) is 17.6 Å². The summed E-state index contributed by atoms with van der Waals surface area (Å²) in [7, 11) is 0. The third-order valence-electron chi connectivity index (χ3n) is 3.04. The Hall–Kier alpha value is -1.56. The molecule has 0 aromatic carbocycles. The lowest BCUT2D eigenvalue weighted by atomic mass is 9.94. The Bertz CT molecular complexity index is 480. The van der Waals surface area contributed by atoms with E-state index < -0.39 is 0 Å². The SMILES string of the molecule is CCNC(C)C(CC)c1ccc2nnnn2n1. The molecule has 1 N–H and O–H groups in total. The van der Waals surface area contributed by atoms with Crippen LogP contribution in [0.4, 0.5) is 0 Å². The molecule has 0 saturated heterocycles. The van der Waals surface area contributed by atoms with Crippen LogP contribution in [0, 0.1) is 0 Å². The van der Waals surface area contributed by atoms with Gasteiger partial charge in [0, 0.05) is 12.0 Å². The average molecular weight is 234 g/mol. The molecule has 0 aliphatic heterocycles. The average Bonchev–Trinajstić information content (AvgIpc) is 2.77. The number of tetrazole rings is 1. The first-order chi connectivity index (χ1) is 8.26. The second kappa shape index (κ2) is 5.18. The number of likely N-dealkylation sites (N-methyl/N-ethyl adjacent to an activating group) is 1. The number of aromatic nitrogens is 5. The molecule has 2 rings (SSSR count). The van der Waals surface area contributed by atoms with Gasteiger partial charge in [-0.15, -0.1) is 9.73 Å². The lowest BCUT2D eigenvalue weighted by Crippen LogP contribution is -2.32. The summed E-state index contributed by atoms with van der Waals surface area (Å²) in [6, 6.07) is 4.31. The molecular formula is C11H18N6. The molecule has 0 spiro atoms. The molecule has 0 aliphatic rings. The van der Waals surface area contributed by atoms with Gasteiger partial charge in [0.2, 0.25) is 0 Å². The van der Waals surface area contributed by atoms with Crippen molar-refractivity contribution in [2.45, 2.75) is 39.2 Å². The highest BCUT2D eigenvalue weighted by Crippen LogP contribution is 2.21. The van der Waals surface area contributed by atoms with Gasteiger partial charge in [0.25, 0.3) is 0 Å². The van der Waals surface area contributed by atoms with Crippen molar-refractivity contribution >= 4 is 5.65 Å². The third kappa shape index (κ3) is 2.41. The molecule has 0 saturated carbocycles. The zero-order chi connectivity index (χ0) is 12.3. The molecule has 2 aromatic heterocycles. The Morgan fingerprint density at radius 1 is 1.35 bits per heavy atom. The van der Waals surface area contributed by atoms with Crippen molar-refractivity contribution in [1.82, 2.24) is 30.6 Å². The maximum atomic E-state index is 4.45. The van der Waals surface area contributed by atoms with E-state index in [4.69, 9.17) is 0 Å². The number of rotatable bonds is 5. The van der Waals surface area contributed by atoms with E-state index in [1.807, 2.05) is 12.1 Å². The van der Waals surface area contributed by atoms with E-state index in [2.05, 4.69) is 46.7 Å². The molecule has 0 amide bonds. The second-order valence-electron chi connectivity index (χ2n) is 4.15. The maximum absolute atomic E-state index is 4.45. The van der Waals surface area contributed by atoms with Crippen molar-refractivity contribution in [1.29, 1.82) is 0 Å². The van der Waals surface area contributed by atoms with Crippen LogP contribution in [-0.4, -0.2) is 37.8 Å². The van der Waals surface area contributed by atoms with Gasteiger partial charge in [-0.2, -0.15) is 5.10 Å². The summed E-state index contributed by atoms with van der Waals surface area (Å²) < 4.78 is 1.48. The van der Waals surface area contributed by atoms with Crippen molar-refractivity contribution in [2.24, 2.45) is 0 Å². The van der Waals surface area contributed by atoms with Crippen LogP contribution in [0.2, 0.25) is 0 Å². The topological polar surface area (TPSA) is 68.0 Å². The van der Waals surface area contributed by atoms with Gasteiger partial charge >= 0.3 is 0 Å². The highest BCUT2D eigenvalue weighted by molar-refractivity contribution is 5.33. The number of fused-ring (bicyclic) bond motifs is 1. The van der Waals surface area contributed by atoms with Crippen LogP contribution in [-0.2, 0) is 0 Å². The standard InChI is InChI=1S/C11H18N6/c1-4-9(8(3)12-5-2)10-6-7-11-13-15-16-17(11)14-10/h6-9,12H,4-5H2,1-3H3. The van der Waals surface area contributed by atoms with Crippen LogP contribution in [0.1, 0.15) is 38.8 Å². The van der Waals surface area contributed by atoms with Crippen molar-refractivity contribution in [3.05, 3.63) is 17.8 Å². The summed E-state index contributed by atoms with van der Waals surface area (Å²) in [4.78, 5) is 0. The Kier molecular flexibility index (Phi) is 3.63. The number of hydrogen-bond acceptors (Lipinski definition) is 5. The fourth-order valence-corrected chi connectivity index (χ4v) is 2.14. The van der Waals surface area contributed by atoms with Crippen molar-refractivity contribution in [3.8, 4) is 0 Å². The number of nitrogens with one attached hydrogen (secondary N) is 1. The Labute approximate surface area is 100 Å². The second-order valence-corrected chi connectivity index (χ2v) is 4.15. The first kappa shape index (κ1) is 11.9. The van der Waals surface area contributed by atoms with Gasteiger partial charge in [0.05, 0.1) is 5.69 Å². The van der Waals surface area contributed by atoms with Crippen LogP contribution < -0.4 is 5.32 Å². The minimum Gasteiger partial charge on any atom is -0.314 e. The molecule has 2 heterocycles. The monoisotopic (exact) mass is 234 g/mol. The summed E-state index contributed by atoms with van der Waals surface area (Å²) in [5, 5.41) is 19.2. The lowest BCUT2D eigenvalue weighted by Gasteiger charge is -2.22. The molecule has 17 heavy (non-hydrogen) atoms. The summed E-state index contributed by atoms with van der Waals surface area (Å²) in [5.41, 5.74) is 1.71. The van der Waals surface area contributed by atoms with E-state index in [1.165, 1.54) is 4.63 Å². The van der Waals surface area contributed by atoms with E-state index in [0.717, 1.165) is 18.7 Å². The highest BCUT2D eigenvalue weighted by atomic mass is 15.6. The van der Waals surface area contributed by atoms with Crippen LogP contribution in [0.5, 0.6) is 0 Å². The van der Waals surface area contributed by atoms with Crippen LogP contribution in [0.15, 0.2) is 12.1 Å². The fourth-order valence-electron chi connectivity index (χ4n) is 2.14. The molecule has 2 atom stereocenters. The highest BCUT2D eigenvalue weighted by Gasteiger charge is 2.18. The van der Waals surface area contributed by atoms with Crippen LogP contribution >= 0.6 is 0 Å². The molecule has 6 heteroatoms. The zero-order valence-electron chi connectivity index (χ0n) is 10.5. The molecule has 2 unspecified atom stereocenters. The van der Waals surface area contributed by atoms with Gasteiger partial charge in [0.1, 0.15) is 0 Å². The molecule has 2 aromatic rings. The quantitative estimate of drug-likeness (QED) is 0.836. The Morgan fingerprint density at radius 3 is 2.88 bits per heavy atom. The maximum Gasteiger partial charge on any atom is 0.199 e. The van der Waals surface area contributed by atoms with Gasteiger partial charge in [-0.1, -0.05) is 13.8 Å². The first-order valence-corrected chi connectivity index (χ1v) is 6.05. The summed E-state index contributed by atoms with van der Waals surface area (Å²) >= 11 is 0. The fraction of sp³-hybridized carbons (Fsp3) is 0.636. The summed E-state index contributed by atoms with van der Waals surface area (Å²) in [6.07, 6.45) is 1.04. The van der Waals surface area contributed by atoms with Crippen molar-refractivity contribution in [3.63, 3.8) is 0 Å². The molecular weight excluding hydrogens is 216 g/mol. The molecule has 6 nitrogen and oxygen atoms in total. The van der Waals surface area contributed by atoms with E-state index in [-0.39, 0.29) is 0 Å². The van der Waals surface area contributed by atoms with Gasteiger partial charge < -0.3 is 5.32 Å².